The Hall–Kier alpha value is -1.26. The van der Waals surface area contributed by atoms with Crippen LogP contribution in [0.4, 0.5) is 0 Å². The number of hydrogen-bond donors (Lipinski definition) is 1. The zero-order chi connectivity index (χ0) is 14.8. The average molecular weight is 281 g/mol. The topological polar surface area (TPSA) is 53.7 Å². The Kier molecular flexibility index (Phi) is 8.07. The van der Waals surface area contributed by atoms with Gasteiger partial charge in [-0.3, -0.25) is 0 Å². The summed E-state index contributed by atoms with van der Waals surface area (Å²) in [5.41, 5.74) is 7.16. The zero-order valence-electron chi connectivity index (χ0n) is 12.9. The van der Waals surface area contributed by atoms with Gasteiger partial charge < -0.3 is 19.9 Å². The van der Waals surface area contributed by atoms with Crippen LogP contribution in [0.5, 0.6) is 11.5 Å². The Morgan fingerprint density at radius 2 is 1.90 bits per heavy atom. The van der Waals surface area contributed by atoms with Crippen molar-refractivity contribution in [3.05, 3.63) is 23.8 Å². The molecule has 4 nitrogen and oxygen atoms in total. The number of hydrogen-bond acceptors (Lipinski definition) is 4. The lowest BCUT2D eigenvalue weighted by atomic mass is 10.0. The molecule has 1 unspecified atom stereocenters. The highest BCUT2D eigenvalue weighted by atomic mass is 16.5. The van der Waals surface area contributed by atoms with Crippen LogP contribution >= 0.6 is 0 Å². The summed E-state index contributed by atoms with van der Waals surface area (Å²) in [4.78, 5) is 0. The SMILES string of the molecule is CCCOCCOc1cc(CC(N)CC)ccc1OC. The Morgan fingerprint density at radius 1 is 1.10 bits per heavy atom. The largest absolute Gasteiger partial charge is 0.493 e. The maximum atomic E-state index is 5.99. The third kappa shape index (κ3) is 5.80. The van der Waals surface area contributed by atoms with Gasteiger partial charge >= 0.3 is 0 Å². The predicted octanol–water partition coefficient (Wildman–Crippen LogP) is 2.78. The van der Waals surface area contributed by atoms with Crippen molar-refractivity contribution >= 4 is 0 Å². The maximum absolute atomic E-state index is 5.99. The Labute approximate surface area is 122 Å². The molecular weight excluding hydrogens is 254 g/mol. The van der Waals surface area contributed by atoms with E-state index in [2.05, 4.69) is 13.8 Å². The average Bonchev–Trinajstić information content (AvgIpc) is 2.47. The number of methoxy groups -OCH3 is 1. The highest BCUT2D eigenvalue weighted by Gasteiger charge is 2.08. The van der Waals surface area contributed by atoms with Crippen molar-refractivity contribution < 1.29 is 14.2 Å². The monoisotopic (exact) mass is 281 g/mol. The summed E-state index contributed by atoms with van der Waals surface area (Å²) >= 11 is 0. The molecule has 1 rings (SSSR count). The van der Waals surface area contributed by atoms with Crippen molar-refractivity contribution in [2.45, 2.75) is 39.2 Å². The van der Waals surface area contributed by atoms with E-state index in [-0.39, 0.29) is 6.04 Å². The molecule has 0 spiro atoms. The number of ether oxygens (including phenoxy) is 3. The van der Waals surface area contributed by atoms with Crippen LogP contribution in [0.15, 0.2) is 18.2 Å². The molecular formula is C16H27NO3. The van der Waals surface area contributed by atoms with Crippen molar-refractivity contribution in [1.82, 2.24) is 0 Å². The second kappa shape index (κ2) is 9.61. The van der Waals surface area contributed by atoms with E-state index >= 15 is 0 Å². The predicted molar refractivity (Wildman–Crippen MR) is 81.6 cm³/mol. The van der Waals surface area contributed by atoms with Gasteiger partial charge in [0.2, 0.25) is 0 Å². The van der Waals surface area contributed by atoms with Crippen LogP contribution in [0.2, 0.25) is 0 Å². The molecule has 20 heavy (non-hydrogen) atoms. The summed E-state index contributed by atoms with van der Waals surface area (Å²) in [6.45, 7) is 6.07. The summed E-state index contributed by atoms with van der Waals surface area (Å²) in [6, 6.07) is 6.16. The molecule has 0 aromatic heterocycles. The quantitative estimate of drug-likeness (QED) is 0.670. The molecule has 0 saturated carbocycles. The van der Waals surface area contributed by atoms with Crippen LogP contribution in [0.25, 0.3) is 0 Å². The summed E-state index contributed by atoms with van der Waals surface area (Å²) in [5, 5.41) is 0. The second-order valence-corrected chi connectivity index (χ2v) is 4.82. The van der Waals surface area contributed by atoms with E-state index in [4.69, 9.17) is 19.9 Å². The second-order valence-electron chi connectivity index (χ2n) is 4.82. The fourth-order valence-electron chi connectivity index (χ4n) is 1.86. The van der Waals surface area contributed by atoms with Gasteiger partial charge in [-0.1, -0.05) is 19.9 Å². The zero-order valence-corrected chi connectivity index (χ0v) is 12.9. The molecule has 1 aromatic rings. The lowest BCUT2D eigenvalue weighted by Crippen LogP contribution is -2.21. The number of nitrogens with two attached hydrogens (primary N) is 1. The normalized spacial score (nSPS) is 12.2. The van der Waals surface area contributed by atoms with Gasteiger partial charge in [0.05, 0.1) is 13.7 Å². The van der Waals surface area contributed by atoms with Gasteiger partial charge in [-0.05, 0) is 37.0 Å². The molecule has 1 atom stereocenters. The van der Waals surface area contributed by atoms with Crippen LogP contribution in [-0.2, 0) is 11.2 Å². The van der Waals surface area contributed by atoms with Gasteiger partial charge in [0, 0.05) is 12.6 Å². The van der Waals surface area contributed by atoms with Crippen LogP contribution in [0, 0.1) is 0 Å². The van der Waals surface area contributed by atoms with E-state index < -0.39 is 0 Å². The van der Waals surface area contributed by atoms with Crippen molar-refractivity contribution in [3.63, 3.8) is 0 Å². The summed E-state index contributed by atoms with van der Waals surface area (Å²) in [5.74, 6) is 1.50. The van der Waals surface area contributed by atoms with Gasteiger partial charge in [0.1, 0.15) is 6.61 Å². The first-order chi connectivity index (χ1) is 9.71. The minimum Gasteiger partial charge on any atom is -0.493 e. The molecule has 1 aromatic carbocycles. The summed E-state index contributed by atoms with van der Waals surface area (Å²) in [6.07, 6.45) is 2.84. The molecule has 0 fully saturated rings. The first kappa shape index (κ1) is 16.8. The number of rotatable bonds is 10. The minimum absolute atomic E-state index is 0.184. The molecule has 114 valence electrons. The van der Waals surface area contributed by atoms with Gasteiger partial charge in [0.25, 0.3) is 0 Å². The Bertz CT molecular complexity index is 382. The van der Waals surface area contributed by atoms with Crippen molar-refractivity contribution in [2.24, 2.45) is 5.73 Å². The van der Waals surface area contributed by atoms with Crippen molar-refractivity contribution in [2.75, 3.05) is 26.9 Å². The molecule has 0 saturated heterocycles. The smallest absolute Gasteiger partial charge is 0.161 e. The van der Waals surface area contributed by atoms with Crippen LogP contribution in [-0.4, -0.2) is 33.0 Å². The van der Waals surface area contributed by atoms with Crippen LogP contribution in [0.1, 0.15) is 32.3 Å². The van der Waals surface area contributed by atoms with Gasteiger partial charge in [-0.2, -0.15) is 0 Å². The maximum Gasteiger partial charge on any atom is 0.161 e. The van der Waals surface area contributed by atoms with Gasteiger partial charge in [-0.15, -0.1) is 0 Å². The molecule has 0 amide bonds. The van der Waals surface area contributed by atoms with Crippen LogP contribution in [0.3, 0.4) is 0 Å². The third-order valence-corrected chi connectivity index (χ3v) is 3.08. The first-order valence-corrected chi connectivity index (χ1v) is 7.34. The first-order valence-electron chi connectivity index (χ1n) is 7.34. The fraction of sp³-hybridized carbons (Fsp3) is 0.625. The Balaban J connectivity index is 2.59. The van der Waals surface area contributed by atoms with Crippen molar-refractivity contribution in [3.8, 4) is 11.5 Å². The van der Waals surface area contributed by atoms with E-state index in [9.17, 15) is 0 Å². The van der Waals surface area contributed by atoms with E-state index in [1.807, 2.05) is 18.2 Å². The third-order valence-electron chi connectivity index (χ3n) is 3.08. The highest BCUT2D eigenvalue weighted by molar-refractivity contribution is 5.43. The van der Waals surface area contributed by atoms with E-state index in [1.165, 1.54) is 5.56 Å². The van der Waals surface area contributed by atoms with Crippen LogP contribution < -0.4 is 15.2 Å². The standard InChI is InChI=1S/C16H27NO3/c1-4-8-19-9-10-20-16-12-13(11-14(17)5-2)6-7-15(16)18-3/h6-7,12,14H,4-5,8-11,17H2,1-3H3. The molecule has 0 radical (unpaired) electrons. The minimum atomic E-state index is 0.184. The van der Waals surface area contributed by atoms with E-state index in [0.717, 1.165) is 37.4 Å². The van der Waals surface area contributed by atoms with E-state index in [0.29, 0.717) is 13.2 Å². The van der Waals surface area contributed by atoms with Crippen molar-refractivity contribution in [1.29, 1.82) is 0 Å². The summed E-state index contributed by atoms with van der Waals surface area (Å²) in [7, 11) is 1.65. The van der Waals surface area contributed by atoms with Gasteiger partial charge in [-0.25, -0.2) is 0 Å². The lowest BCUT2D eigenvalue weighted by Gasteiger charge is -2.14. The highest BCUT2D eigenvalue weighted by Crippen LogP contribution is 2.28. The molecule has 0 bridgehead atoms. The number of benzene rings is 1. The van der Waals surface area contributed by atoms with E-state index in [1.54, 1.807) is 7.11 Å². The molecule has 4 heteroatoms. The molecule has 0 heterocycles. The molecule has 0 aliphatic rings. The molecule has 0 aliphatic heterocycles. The van der Waals surface area contributed by atoms with Gasteiger partial charge in [0.15, 0.2) is 11.5 Å². The molecule has 2 N–H and O–H groups in total. The lowest BCUT2D eigenvalue weighted by molar-refractivity contribution is 0.0995. The molecule has 0 aliphatic carbocycles. The summed E-state index contributed by atoms with van der Waals surface area (Å²) < 4.78 is 16.5. The fourth-order valence-corrected chi connectivity index (χ4v) is 1.86. The Morgan fingerprint density at radius 3 is 2.55 bits per heavy atom.